The summed E-state index contributed by atoms with van der Waals surface area (Å²) in [6, 6.07) is 18.9. The summed E-state index contributed by atoms with van der Waals surface area (Å²) >= 11 is 0. The van der Waals surface area contributed by atoms with Gasteiger partial charge in [-0.05, 0) is 67.8 Å². The normalized spacial score (nSPS) is 15.9. The van der Waals surface area contributed by atoms with E-state index in [1.165, 1.54) is 0 Å². The van der Waals surface area contributed by atoms with Crippen LogP contribution < -0.4 is 4.74 Å². The minimum atomic E-state index is -0.767. The van der Waals surface area contributed by atoms with Crippen LogP contribution in [-0.2, 0) is 11.3 Å². The summed E-state index contributed by atoms with van der Waals surface area (Å²) < 4.78 is 11.3. The van der Waals surface area contributed by atoms with Gasteiger partial charge >= 0.3 is 5.97 Å². The van der Waals surface area contributed by atoms with Crippen molar-refractivity contribution < 1.29 is 19.2 Å². The monoisotopic (exact) mass is 482 g/mol. The van der Waals surface area contributed by atoms with Gasteiger partial charge in [0.1, 0.15) is 17.9 Å². The van der Waals surface area contributed by atoms with Crippen molar-refractivity contribution in [2.75, 3.05) is 6.54 Å². The fourth-order valence-corrected chi connectivity index (χ4v) is 4.77. The van der Waals surface area contributed by atoms with Crippen LogP contribution in [0.25, 0.3) is 33.6 Å². The van der Waals surface area contributed by atoms with Crippen LogP contribution in [0.1, 0.15) is 37.8 Å². The number of carboxylic acid groups (broad SMARTS) is 1. The van der Waals surface area contributed by atoms with E-state index in [0.717, 1.165) is 34.9 Å². The second kappa shape index (κ2) is 9.80. The number of benzene rings is 3. The van der Waals surface area contributed by atoms with E-state index in [-0.39, 0.29) is 6.10 Å². The average molecular weight is 483 g/mol. The zero-order chi connectivity index (χ0) is 25.2. The number of likely N-dealkylation sites (tertiary alicyclic amines) is 1. The van der Waals surface area contributed by atoms with Crippen molar-refractivity contribution in [3.63, 3.8) is 0 Å². The predicted octanol–water partition coefficient (Wildman–Crippen LogP) is 5.26. The van der Waals surface area contributed by atoms with Crippen molar-refractivity contribution in [2.24, 2.45) is 0 Å². The van der Waals surface area contributed by atoms with Gasteiger partial charge in [0.05, 0.1) is 11.7 Å². The SMILES string of the molecule is CC(C)Oc1ccc(-c2nc(-c3ccc(CN4CCC[C@H]4C(=O)O)c4ccccc34)no2)cc1C#N. The van der Waals surface area contributed by atoms with E-state index >= 15 is 0 Å². The van der Waals surface area contributed by atoms with E-state index in [1.54, 1.807) is 18.2 Å². The molecule has 8 nitrogen and oxygen atoms in total. The molecule has 1 saturated heterocycles. The number of nitriles is 1. The maximum absolute atomic E-state index is 11.6. The molecule has 0 spiro atoms. The molecule has 2 heterocycles. The van der Waals surface area contributed by atoms with Crippen molar-refractivity contribution in [3.8, 4) is 34.7 Å². The Kier molecular flexibility index (Phi) is 6.40. The van der Waals surface area contributed by atoms with Gasteiger partial charge in [-0.2, -0.15) is 10.2 Å². The molecular weight excluding hydrogens is 456 g/mol. The molecule has 0 aliphatic carbocycles. The van der Waals surface area contributed by atoms with Crippen LogP contribution in [-0.4, -0.2) is 44.8 Å². The summed E-state index contributed by atoms with van der Waals surface area (Å²) in [5.74, 6) is 0.502. The quantitative estimate of drug-likeness (QED) is 0.379. The molecule has 5 rings (SSSR count). The molecule has 1 N–H and O–H groups in total. The number of carboxylic acids is 1. The number of hydrogen-bond acceptors (Lipinski definition) is 7. The molecule has 0 unspecified atom stereocenters. The van der Waals surface area contributed by atoms with Gasteiger partial charge in [0, 0.05) is 17.7 Å². The van der Waals surface area contributed by atoms with Crippen LogP contribution in [0.2, 0.25) is 0 Å². The van der Waals surface area contributed by atoms with Gasteiger partial charge in [-0.15, -0.1) is 0 Å². The predicted molar refractivity (Wildman–Crippen MR) is 134 cm³/mol. The highest BCUT2D eigenvalue weighted by atomic mass is 16.5. The van der Waals surface area contributed by atoms with E-state index < -0.39 is 12.0 Å². The zero-order valence-corrected chi connectivity index (χ0v) is 20.1. The van der Waals surface area contributed by atoms with Gasteiger partial charge < -0.3 is 14.4 Å². The third-order valence-electron chi connectivity index (χ3n) is 6.41. The Morgan fingerprint density at radius 2 is 2.03 bits per heavy atom. The number of ether oxygens (including phenoxy) is 1. The highest BCUT2D eigenvalue weighted by Crippen LogP contribution is 2.33. The number of carbonyl (C=O) groups is 1. The van der Waals surface area contributed by atoms with E-state index in [4.69, 9.17) is 9.26 Å². The molecule has 1 atom stereocenters. The van der Waals surface area contributed by atoms with Crippen LogP contribution in [0.15, 0.2) is 59.1 Å². The summed E-state index contributed by atoms with van der Waals surface area (Å²) in [6.07, 6.45) is 1.51. The molecule has 1 aromatic heterocycles. The molecular formula is C28H26N4O4. The van der Waals surface area contributed by atoms with Crippen molar-refractivity contribution in [1.29, 1.82) is 5.26 Å². The fraction of sp³-hybridized carbons (Fsp3) is 0.286. The van der Waals surface area contributed by atoms with Crippen LogP contribution >= 0.6 is 0 Å². The highest BCUT2D eigenvalue weighted by Gasteiger charge is 2.30. The Balaban J connectivity index is 1.48. The molecule has 0 saturated carbocycles. The number of nitrogens with zero attached hydrogens (tertiary/aromatic N) is 4. The van der Waals surface area contributed by atoms with Crippen LogP contribution in [0.4, 0.5) is 0 Å². The molecule has 8 heteroatoms. The summed E-state index contributed by atoms with van der Waals surface area (Å²) in [5, 5.41) is 25.3. The topological polar surface area (TPSA) is 112 Å². The third kappa shape index (κ3) is 4.53. The summed E-state index contributed by atoms with van der Waals surface area (Å²) in [5.41, 5.74) is 2.92. The van der Waals surface area contributed by atoms with Gasteiger partial charge in [-0.1, -0.05) is 41.6 Å². The second-order valence-electron chi connectivity index (χ2n) is 9.20. The van der Waals surface area contributed by atoms with Crippen molar-refractivity contribution in [2.45, 2.75) is 45.4 Å². The third-order valence-corrected chi connectivity index (χ3v) is 6.41. The Morgan fingerprint density at radius 3 is 2.78 bits per heavy atom. The minimum absolute atomic E-state index is 0.0466. The molecule has 1 aliphatic heterocycles. The van der Waals surface area contributed by atoms with Crippen LogP contribution in [0.5, 0.6) is 5.75 Å². The van der Waals surface area contributed by atoms with Gasteiger partial charge in [0.2, 0.25) is 5.82 Å². The maximum atomic E-state index is 11.6. The largest absolute Gasteiger partial charge is 0.490 e. The number of hydrogen-bond donors (Lipinski definition) is 1. The maximum Gasteiger partial charge on any atom is 0.320 e. The van der Waals surface area contributed by atoms with E-state index in [1.807, 2.05) is 55.1 Å². The molecule has 4 aromatic rings. The molecule has 1 aliphatic rings. The lowest BCUT2D eigenvalue weighted by Crippen LogP contribution is -2.35. The zero-order valence-electron chi connectivity index (χ0n) is 20.1. The number of aliphatic carboxylic acids is 1. The number of aromatic nitrogens is 2. The minimum Gasteiger partial charge on any atom is -0.490 e. The van der Waals surface area contributed by atoms with Crippen LogP contribution in [0, 0.1) is 11.3 Å². The Morgan fingerprint density at radius 1 is 1.22 bits per heavy atom. The smallest absolute Gasteiger partial charge is 0.320 e. The molecule has 36 heavy (non-hydrogen) atoms. The number of fused-ring (bicyclic) bond motifs is 1. The number of rotatable bonds is 7. The molecule has 182 valence electrons. The molecule has 3 aromatic carbocycles. The second-order valence-corrected chi connectivity index (χ2v) is 9.20. The molecule has 0 bridgehead atoms. The summed E-state index contributed by atoms with van der Waals surface area (Å²) in [4.78, 5) is 18.3. The standard InChI is InChI=1S/C28H26N4O4/c1-17(2)35-25-12-10-18(14-20(25)15-29)27-30-26(31-36-27)23-11-9-19(21-6-3-4-7-22(21)23)16-32-13-5-8-24(32)28(33)34/h3-4,6-7,9-12,14,17,24H,5,8,13,16H2,1-2H3,(H,33,34)/t24-/m0/s1. The first-order chi connectivity index (χ1) is 17.4. The molecule has 0 radical (unpaired) electrons. The fourth-order valence-electron chi connectivity index (χ4n) is 4.77. The van der Waals surface area contributed by atoms with Gasteiger partial charge in [-0.3, -0.25) is 9.69 Å². The Bertz CT molecular complexity index is 1470. The van der Waals surface area contributed by atoms with E-state index in [0.29, 0.717) is 41.6 Å². The lowest BCUT2D eigenvalue weighted by atomic mass is 9.98. The lowest BCUT2D eigenvalue weighted by molar-refractivity contribution is -0.142. The Labute approximate surface area is 208 Å². The lowest BCUT2D eigenvalue weighted by Gasteiger charge is -2.22. The van der Waals surface area contributed by atoms with E-state index in [2.05, 4.69) is 16.2 Å². The first-order valence-electron chi connectivity index (χ1n) is 12.0. The Hall–Kier alpha value is -4.22. The molecule has 0 amide bonds. The summed E-state index contributed by atoms with van der Waals surface area (Å²) in [6.45, 7) is 5.15. The van der Waals surface area contributed by atoms with Crippen molar-refractivity contribution >= 4 is 16.7 Å². The van der Waals surface area contributed by atoms with Crippen molar-refractivity contribution in [3.05, 3.63) is 65.7 Å². The van der Waals surface area contributed by atoms with E-state index in [9.17, 15) is 15.2 Å². The highest BCUT2D eigenvalue weighted by molar-refractivity contribution is 5.97. The molecule has 1 fully saturated rings. The first-order valence-corrected chi connectivity index (χ1v) is 12.0. The average Bonchev–Trinajstić information content (AvgIpc) is 3.54. The van der Waals surface area contributed by atoms with Crippen LogP contribution in [0.3, 0.4) is 0 Å². The van der Waals surface area contributed by atoms with Gasteiger partial charge in [0.15, 0.2) is 0 Å². The first kappa shape index (κ1) is 23.5. The summed E-state index contributed by atoms with van der Waals surface area (Å²) in [7, 11) is 0. The van der Waals surface area contributed by atoms with Gasteiger partial charge in [-0.25, -0.2) is 0 Å². The van der Waals surface area contributed by atoms with Crippen molar-refractivity contribution in [1.82, 2.24) is 15.0 Å². The van der Waals surface area contributed by atoms with Gasteiger partial charge in [0.25, 0.3) is 5.89 Å².